The molecular weight excluding hydrogens is 236 g/mol. The lowest BCUT2D eigenvalue weighted by molar-refractivity contribution is -0.384. The van der Waals surface area contributed by atoms with Crippen molar-refractivity contribution in [2.24, 2.45) is 5.92 Å². The van der Waals surface area contributed by atoms with Crippen molar-refractivity contribution in [3.05, 3.63) is 39.9 Å². The number of aliphatic hydroxyl groups is 1. The molecule has 0 aliphatic rings. The summed E-state index contributed by atoms with van der Waals surface area (Å²) in [5.74, 6) is -0.299. The number of nitro groups is 1. The Morgan fingerprint density at radius 1 is 1.39 bits per heavy atom. The van der Waals surface area contributed by atoms with Crippen molar-refractivity contribution >= 4 is 11.6 Å². The van der Waals surface area contributed by atoms with Crippen LogP contribution in [0.2, 0.25) is 0 Å². The van der Waals surface area contributed by atoms with E-state index in [2.05, 4.69) is 5.32 Å². The van der Waals surface area contributed by atoms with Gasteiger partial charge < -0.3 is 10.4 Å². The van der Waals surface area contributed by atoms with Crippen LogP contribution < -0.4 is 5.32 Å². The first kappa shape index (κ1) is 14.1. The highest BCUT2D eigenvalue weighted by molar-refractivity contribution is 5.94. The Morgan fingerprint density at radius 3 is 2.39 bits per heavy atom. The molecule has 0 heterocycles. The summed E-state index contributed by atoms with van der Waals surface area (Å²) in [6.45, 7) is 3.86. The zero-order chi connectivity index (χ0) is 13.7. The fourth-order valence-corrected chi connectivity index (χ4v) is 1.27. The van der Waals surface area contributed by atoms with E-state index >= 15 is 0 Å². The monoisotopic (exact) mass is 252 g/mol. The van der Waals surface area contributed by atoms with E-state index in [4.69, 9.17) is 0 Å². The number of amides is 1. The van der Waals surface area contributed by atoms with Crippen molar-refractivity contribution in [2.45, 2.75) is 20.0 Å². The molecule has 0 aromatic heterocycles. The van der Waals surface area contributed by atoms with Crippen LogP contribution >= 0.6 is 0 Å². The fourth-order valence-electron chi connectivity index (χ4n) is 1.27. The Bertz CT molecular complexity index is 428. The molecule has 0 bridgehead atoms. The lowest BCUT2D eigenvalue weighted by Crippen LogP contribution is -2.34. The van der Waals surface area contributed by atoms with Crippen molar-refractivity contribution in [3.63, 3.8) is 0 Å². The second-order valence-electron chi connectivity index (χ2n) is 4.33. The first-order valence-corrected chi connectivity index (χ1v) is 5.62. The number of carbonyl (C=O) groups excluding carboxylic acids is 1. The Hall–Kier alpha value is -1.95. The highest BCUT2D eigenvalue weighted by atomic mass is 16.6. The van der Waals surface area contributed by atoms with E-state index in [1.807, 2.05) is 13.8 Å². The Balaban J connectivity index is 2.59. The summed E-state index contributed by atoms with van der Waals surface area (Å²) in [4.78, 5) is 21.6. The number of benzene rings is 1. The fraction of sp³-hybridized carbons (Fsp3) is 0.417. The first-order chi connectivity index (χ1) is 8.41. The van der Waals surface area contributed by atoms with Crippen molar-refractivity contribution in [1.29, 1.82) is 0 Å². The number of nitrogens with one attached hydrogen (secondary N) is 1. The third-order valence-electron chi connectivity index (χ3n) is 2.58. The maximum Gasteiger partial charge on any atom is 0.269 e. The zero-order valence-corrected chi connectivity index (χ0v) is 10.3. The van der Waals surface area contributed by atoms with Crippen molar-refractivity contribution in [3.8, 4) is 0 Å². The molecule has 0 fully saturated rings. The molecule has 0 saturated carbocycles. The summed E-state index contributed by atoms with van der Waals surface area (Å²) < 4.78 is 0. The molecule has 0 spiro atoms. The molecular formula is C12H16N2O4. The second-order valence-corrected chi connectivity index (χ2v) is 4.33. The summed E-state index contributed by atoms with van der Waals surface area (Å²) >= 11 is 0. The maximum atomic E-state index is 11.7. The molecule has 1 unspecified atom stereocenters. The van der Waals surface area contributed by atoms with Crippen LogP contribution in [-0.2, 0) is 0 Å². The summed E-state index contributed by atoms with van der Waals surface area (Å²) in [7, 11) is 0. The molecule has 1 aromatic rings. The van der Waals surface area contributed by atoms with Gasteiger partial charge in [0.25, 0.3) is 11.6 Å². The van der Waals surface area contributed by atoms with Crippen molar-refractivity contribution in [2.75, 3.05) is 6.54 Å². The van der Waals surface area contributed by atoms with Crippen LogP contribution in [-0.4, -0.2) is 28.6 Å². The molecule has 6 heteroatoms. The molecule has 18 heavy (non-hydrogen) atoms. The third-order valence-corrected chi connectivity index (χ3v) is 2.58. The highest BCUT2D eigenvalue weighted by Gasteiger charge is 2.13. The summed E-state index contributed by atoms with van der Waals surface area (Å²) in [5.41, 5.74) is 0.269. The molecule has 0 radical (unpaired) electrons. The predicted molar refractivity (Wildman–Crippen MR) is 66.3 cm³/mol. The first-order valence-electron chi connectivity index (χ1n) is 5.62. The van der Waals surface area contributed by atoms with Gasteiger partial charge in [0.05, 0.1) is 11.0 Å². The van der Waals surface area contributed by atoms with Crippen molar-refractivity contribution < 1.29 is 14.8 Å². The maximum absolute atomic E-state index is 11.7. The summed E-state index contributed by atoms with van der Waals surface area (Å²) in [6.07, 6.45) is -0.605. The van der Waals surface area contributed by atoms with Gasteiger partial charge in [0.2, 0.25) is 0 Å². The quantitative estimate of drug-likeness (QED) is 0.611. The van der Waals surface area contributed by atoms with Gasteiger partial charge in [0.1, 0.15) is 0 Å². The Labute approximate surface area is 105 Å². The molecule has 0 aliphatic heterocycles. The van der Waals surface area contributed by atoms with Crippen LogP contribution in [0.3, 0.4) is 0 Å². The molecule has 6 nitrogen and oxygen atoms in total. The molecule has 0 aliphatic carbocycles. The van der Waals surface area contributed by atoms with Gasteiger partial charge in [-0.15, -0.1) is 0 Å². The number of nitrogens with zero attached hydrogens (tertiary/aromatic N) is 1. The molecule has 0 saturated heterocycles. The van der Waals surface area contributed by atoms with Crippen LogP contribution in [0.1, 0.15) is 24.2 Å². The van der Waals surface area contributed by atoms with Gasteiger partial charge in [-0.05, 0) is 18.1 Å². The Morgan fingerprint density at radius 2 is 1.94 bits per heavy atom. The van der Waals surface area contributed by atoms with E-state index in [9.17, 15) is 20.0 Å². The standard InChI is InChI=1S/C12H16N2O4/c1-8(2)11(15)7-13-12(16)9-3-5-10(6-4-9)14(17)18/h3-6,8,11,15H,7H2,1-2H3,(H,13,16). The normalized spacial score (nSPS) is 12.2. The number of nitro benzene ring substituents is 1. The minimum Gasteiger partial charge on any atom is -0.391 e. The number of rotatable bonds is 5. The number of hydrogen-bond donors (Lipinski definition) is 2. The van der Waals surface area contributed by atoms with Gasteiger partial charge in [-0.25, -0.2) is 0 Å². The van der Waals surface area contributed by atoms with Crippen LogP contribution in [0.5, 0.6) is 0 Å². The van der Waals surface area contributed by atoms with E-state index in [0.717, 1.165) is 0 Å². The second kappa shape index (κ2) is 6.11. The van der Waals surface area contributed by atoms with Crippen LogP contribution in [0.4, 0.5) is 5.69 Å². The number of hydrogen-bond acceptors (Lipinski definition) is 4. The molecule has 1 atom stereocenters. The zero-order valence-electron chi connectivity index (χ0n) is 10.3. The van der Waals surface area contributed by atoms with Crippen LogP contribution in [0, 0.1) is 16.0 Å². The summed E-state index contributed by atoms with van der Waals surface area (Å²) in [6, 6.07) is 5.31. The average molecular weight is 252 g/mol. The largest absolute Gasteiger partial charge is 0.391 e. The van der Waals surface area contributed by atoms with E-state index in [1.54, 1.807) is 0 Å². The SMILES string of the molecule is CC(C)C(O)CNC(=O)c1ccc([N+](=O)[O-])cc1. The van der Waals surface area contributed by atoms with Crippen LogP contribution in [0.15, 0.2) is 24.3 Å². The lowest BCUT2D eigenvalue weighted by atomic mass is 10.1. The van der Waals surface area contributed by atoms with Gasteiger partial charge in [-0.2, -0.15) is 0 Å². The van der Waals surface area contributed by atoms with E-state index < -0.39 is 11.0 Å². The Kier molecular flexibility index (Phi) is 4.79. The van der Waals surface area contributed by atoms with E-state index in [-0.39, 0.29) is 24.1 Å². The van der Waals surface area contributed by atoms with Crippen LogP contribution in [0.25, 0.3) is 0 Å². The summed E-state index contributed by atoms with van der Waals surface area (Å²) in [5, 5.41) is 22.5. The van der Waals surface area contributed by atoms with Gasteiger partial charge in [0.15, 0.2) is 0 Å². The minimum absolute atomic E-state index is 0.0576. The van der Waals surface area contributed by atoms with Gasteiger partial charge in [0, 0.05) is 24.2 Å². The number of carbonyl (C=O) groups is 1. The van der Waals surface area contributed by atoms with Gasteiger partial charge in [-0.3, -0.25) is 14.9 Å². The average Bonchev–Trinajstić information content (AvgIpc) is 2.35. The van der Waals surface area contributed by atoms with Gasteiger partial charge >= 0.3 is 0 Å². The predicted octanol–water partition coefficient (Wildman–Crippen LogP) is 1.34. The molecule has 1 aromatic carbocycles. The van der Waals surface area contributed by atoms with Gasteiger partial charge in [-0.1, -0.05) is 13.8 Å². The smallest absolute Gasteiger partial charge is 0.269 e. The number of aliphatic hydroxyl groups excluding tert-OH is 1. The molecule has 1 amide bonds. The highest BCUT2D eigenvalue weighted by Crippen LogP contribution is 2.11. The third kappa shape index (κ3) is 3.81. The van der Waals surface area contributed by atoms with E-state index in [0.29, 0.717) is 5.56 Å². The van der Waals surface area contributed by atoms with E-state index in [1.165, 1.54) is 24.3 Å². The molecule has 2 N–H and O–H groups in total. The lowest BCUT2D eigenvalue weighted by Gasteiger charge is -2.14. The topological polar surface area (TPSA) is 92.5 Å². The molecule has 98 valence electrons. The molecule has 1 rings (SSSR count). The number of non-ortho nitro benzene ring substituents is 1. The van der Waals surface area contributed by atoms with Crippen molar-refractivity contribution in [1.82, 2.24) is 5.32 Å². The minimum atomic E-state index is -0.605.